The third-order valence-corrected chi connectivity index (χ3v) is 4.65. The van der Waals surface area contributed by atoms with Crippen LogP contribution >= 0.6 is 0 Å². The van der Waals surface area contributed by atoms with E-state index in [1.165, 1.54) is 16.7 Å². The third kappa shape index (κ3) is 4.94. The van der Waals surface area contributed by atoms with E-state index >= 15 is 0 Å². The van der Waals surface area contributed by atoms with Gasteiger partial charge in [-0.2, -0.15) is 0 Å². The highest BCUT2D eigenvalue weighted by molar-refractivity contribution is 5.34. The van der Waals surface area contributed by atoms with Crippen molar-refractivity contribution in [2.24, 2.45) is 0 Å². The molecule has 0 aliphatic carbocycles. The van der Waals surface area contributed by atoms with Gasteiger partial charge in [0.1, 0.15) is 0 Å². The summed E-state index contributed by atoms with van der Waals surface area (Å²) in [7, 11) is 0. The maximum Gasteiger partial charge on any atom is 0.0102 e. The minimum absolute atomic E-state index is 0.469. The first kappa shape index (κ1) is 17.7. The van der Waals surface area contributed by atoms with E-state index in [-0.39, 0.29) is 0 Å². The van der Waals surface area contributed by atoms with Crippen molar-refractivity contribution in [2.75, 3.05) is 6.54 Å². The average molecular weight is 309 g/mol. The van der Waals surface area contributed by atoms with Gasteiger partial charge in [-0.1, -0.05) is 60.2 Å². The Hall–Kier alpha value is -1.60. The molecular weight excluding hydrogens is 278 g/mol. The van der Waals surface area contributed by atoms with Crippen LogP contribution in [-0.4, -0.2) is 23.5 Å². The van der Waals surface area contributed by atoms with Gasteiger partial charge in [-0.15, -0.1) is 0 Å². The number of benzene rings is 2. The highest BCUT2D eigenvalue weighted by Gasteiger charge is 2.19. The van der Waals surface area contributed by atoms with Gasteiger partial charge in [-0.3, -0.25) is 4.90 Å². The summed E-state index contributed by atoms with van der Waals surface area (Å²) in [6, 6.07) is 21.1. The molecule has 2 rings (SSSR count). The molecule has 0 amide bonds. The summed E-state index contributed by atoms with van der Waals surface area (Å²) in [5.74, 6) is 0.469. The van der Waals surface area contributed by atoms with Gasteiger partial charge in [0.15, 0.2) is 0 Å². The lowest BCUT2D eigenvalue weighted by Crippen LogP contribution is -2.38. The molecule has 0 heterocycles. The van der Waals surface area contributed by atoms with Gasteiger partial charge in [0.25, 0.3) is 0 Å². The van der Waals surface area contributed by atoms with Crippen LogP contribution in [-0.2, 0) is 0 Å². The molecule has 23 heavy (non-hydrogen) atoms. The molecule has 0 fully saturated rings. The molecule has 124 valence electrons. The molecule has 0 aliphatic heterocycles. The summed E-state index contributed by atoms with van der Waals surface area (Å²) in [6.45, 7) is 12.5. The van der Waals surface area contributed by atoms with Crippen molar-refractivity contribution in [3.63, 3.8) is 0 Å². The van der Waals surface area contributed by atoms with Crippen LogP contribution in [0.5, 0.6) is 0 Å². The van der Waals surface area contributed by atoms with Gasteiger partial charge in [0.2, 0.25) is 0 Å². The second-order valence-corrected chi connectivity index (χ2v) is 7.09. The van der Waals surface area contributed by atoms with E-state index in [1.807, 2.05) is 0 Å². The number of hydrogen-bond acceptors (Lipinski definition) is 1. The van der Waals surface area contributed by atoms with Crippen molar-refractivity contribution in [3.05, 3.63) is 71.3 Å². The number of rotatable bonds is 7. The molecular formula is C22H31N. The molecule has 1 atom stereocenters. The zero-order chi connectivity index (χ0) is 16.8. The Bertz CT molecular complexity index is 578. The van der Waals surface area contributed by atoms with Crippen molar-refractivity contribution in [2.45, 2.75) is 59.0 Å². The first-order valence-corrected chi connectivity index (χ1v) is 8.86. The molecule has 0 radical (unpaired) electrons. The minimum Gasteiger partial charge on any atom is -0.299 e. The van der Waals surface area contributed by atoms with Crippen LogP contribution in [0.25, 0.3) is 0 Å². The predicted molar refractivity (Wildman–Crippen MR) is 101 cm³/mol. The highest BCUT2D eigenvalue weighted by Crippen LogP contribution is 2.29. The third-order valence-electron chi connectivity index (χ3n) is 4.65. The van der Waals surface area contributed by atoms with E-state index in [9.17, 15) is 0 Å². The topological polar surface area (TPSA) is 3.24 Å². The normalized spacial score (nSPS) is 13.0. The Balaban J connectivity index is 2.24. The molecule has 0 N–H and O–H groups in total. The lowest BCUT2D eigenvalue weighted by molar-refractivity contribution is 0.170. The fraction of sp³-hybridized carbons (Fsp3) is 0.455. The molecule has 0 unspecified atom stereocenters. The molecule has 1 nitrogen and oxygen atoms in total. The van der Waals surface area contributed by atoms with Crippen LogP contribution in [0.15, 0.2) is 54.6 Å². The monoisotopic (exact) mass is 309 g/mol. The smallest absolute Gasteiger partial charge is 0.0102 e. The lowest BCUT2D eigenvalue weighted by atomic mass is 9.87. The van der Waals surface area contributed by atoms with E-state index < -0.39 is 0 Å². The Morgan fingerprint density at radius 2 is 1.39 bits per heavy atom. The van der Waals surface area contributed by atoms with E-state index in [2.05, 4.69) is 94.1 Å². The molecule has 2 aromatic rings. The first-order chi connectivity index (χ1) is 11.0. The Kier molecular flexibility index (Phi) is 6.41. The maximum atomic E-state index is 2.59. The zero-order valence-corrected chi connectivity index (χ0v) is 15.3. The molecule has 0 spiro atoms. The van der Waals surface area contributed by atoms with Crippen LogP contribution in [0.2, 0.25) is 0 Å². The van der Waals surface area contributed by atoms with Crippen molar-refractivity contribution < 1.29 is 0 Å². The Morgan fingerprint density at radius 1 is 0.783 bits per heavy atom. The van der Waals surface area contributed by atoms with E-state index in [0.29, 0.717) is 18.0 Å². The minimum atomic E-state index is 0.469. The largest absolute Gasteiger partial charge is 0.299 e. The Labute approximate surface area is 142 Å². The first-order valence-electron chi connectivity index (χ1n) is 8.86. The van der Waals surface area contributed by atoms with Gasteiger partial charge in [0, 0.05) is 18.0 Å². The van der Waals surface area contributed by atoms with Gasteiger partial charge in [-0.25, -0.2) is 0 Å². The summed E-state index contributed by atoms with van der Waals surface area (Å²) < 4.78 is 0. The van der Waals surface area contributed by atoms with E-state index in [4.69, 9.17) is 0 Å². The highest BCUT2D eigenvalue weighted by atomic mass is 15.2. The zero-order valence-electron chi connectivity index (χ0n) is 15.3. The predicted octanol–water partition coefficient (Wildman–Crippen LogP) is 5.64. The van der Waals surface area contributed by atoms with Gasteiger partial charge < -0.3 is 0 Å². The lowest BCUT2D eigenvalue weighted by Gasteiger charge is -2.32. The molecule has 0 saturated carbocycles. The summed E-state index contributed by atoms with van der Waals surface area (Å²) in [5, 5.41) is 0. The van der Waals surface area contributed by atoms with Gasteiger partial charge in [0.05, 0.1) is 0 Å². The molecule has 0 aliphatic rings. The standard InChI is InChI=1S/C22H31N/c1-17(2)23(18(3)4)15-14-22(20-11-7-6-8-12-20)21-13-9-10-19(5)16-21/h6-13,16-18,22H,14-15H2,1-5H3/t22-/m1/s1. The molecule has 2 aromatic carbocycles. The van der Waals surface area contributed by atoms with Gasteiger partial charge >= 0.3 is 0 Å². The molecule has 0 saturated heterocycles. The number of hydrogen-bond donors (Lipinski definition) is 0. The average Bonchev–Trinajstić information content (AvgIpc) is 2.51. The molecule has 0 bridgehead atoms. The van der Waals surface area contributed by atoms with Crippen LogP contribution in [0.1, 0.15) is 56.7 Å². The van der Waals surface area contributed by atoms with Crippen LogP contribution in [0.4, 0.5) is 0 Å². The second-order valence-electron chi connectivity index (χ2n) is 7.09. The second kappa shape index (κ2) is 8.31. The molecule has 1 heteroatoms. The van der Waals surface area contributed by atoms with Crippen molar-refractivity contribution in [1.82, 2.24) is 4.90 Å². The number of aryl methyl sites for hydroxylation is 1. The summed E-state index contributed by atoms with van der Waals surface area (Å²) >= 11 is 0. The van der Waals surface area contributed by atoms with Crippen LogP contribution in [0.3, 0.4) is 0 Å². The quantitative estimate of drug-likeness (QED) is 0.640. The van der Waals surface area contributed by atoms with E-state index in [1.54, 1.807) is 0 Å². The van der Waals surface area contributed by atoms with Crippen molar-refractivity contribution in [3.8, 4) is 0 Å². The summed E-state index contributed by atoms with van der Waals surface area (Å²) in [6.07, 6.45) is 1.16. The summed E-state index contributed by atoms with van der Waals surface area (Å²) in [5.41, 5.74) is 4.20. The van der Waals surface area contributed by atoms with Crippen molar-refractivity contribution in [1.29, 1.82) is 0 Å². The van der Waals surface area contributed by atoms with Crippen molar-refractivity contribution >= 4 is 0 Å². The summed E-state index contributed by atoms with van der Waals surface area (Å²) in [4.78, 5) is 2.59. The molecule has 0 aromatic heterocycles. The Morgan fingerprint density at radius 3 is 1.96 bits per heavy atom. The number of nitrogens with zero attached hydrogens (tertiary/aromatic N) is 1. The van der Waals surface area contributed by atoms with Crippen LogP contribution < -0.4 is 0 Å². The van der Waals surface area contributed by atoms with Gasteiger partial charge in [-0.05, 0) is 58.7 Å². The fourth-order valence-electron chi connectivity index (χ4n) is 3.49. The fourth-order valence-corrected chi connectivity index (χ4v) is 3.49. The maximum absolute atomic E-state index is 2.59. The SMILES string of the molecule is Cc1cccc([C@H](CCN(C(C)C)C(C)C)c2ccccc2)c1. The van der Waals surface area contributed by atoms with E-state index in [0.717, 1.165) is 13.0 Å². The van der Waals surface area contributed by atoms with Crippen LogP contribution in [0, 0.1) is 6.92 Å².